The smallest absolute Gasteiger partial charge is 0.322 e. The summed E-state index contributed by atoms with van der Waals surface area (Å²) in [6, 6.07) is -0.472. The maximum absolute atomic E-state index is 11.5. The van der Waals surface area contributed by atoms with E-state index < -0.39 is 6.04 Å². The van der Waals surface area contributed by atoms with Crippen LogP contribution < -0.4 is 10.6 Å². The highest BCUT2D eigenvalue weighted by molar-refractivity contribution is 5.80. The van der Waals surface area contributed by atoms with Gasteiger partial charge in [-0.1, -0.05) is 6.92 Å². The molecular formula is C11H22N2O3. The first-order chi connectivity index (χ1) is 7.32. The van der Waals surface area contributed by atoms with Gasteiger partial charge in [0.15, 0.2) is 0 Å². The zero-order valence-corrected chi connectivity index (χ0v) is 10.7. The summed E-state index contributed by atoms with van der Waals surface area (Å²) in [5.74, 6) is -0.495. The first-order valence-corrected chi connectivity index (χ1v) is 5.44. The highest BCUT2D eigenvalue weighted by Crippen LogP contribution is 2.05. The minimum absolute atomic E-state index is 0.111. The van der Waals surface area contributed by atoms with Gasteiger partial charge >= 0.3 is 5.97 Å². The molecule has 0 spiro atoms. The molecule has 1 amide bonds. The fourth-order valence-corrected chi connectivity index (χ4v) is 1.02. The Morgan fingerprint density at radius 1 is 1.38 bits per heavy atom. The van der Waals surface area contributed by atoms with Crippen LogP contribution in [0.15, 0.2) is 0 Å². The molecule has 0 radical (unpaired) electrons. The Morgan fingerprint density at radius 3 is 2.38 bits per heavy atom. The molecule has 0 fully saturated rings. The summed E-state index contributed by atoms with van der Waals surface area (Å²) in [7, 11) is 1.32. The molecule has 0 saturated heterocycles. The molecule has 0 aliphatic heterocycles. The van der Waals surface area contributed by atoms with Crippen LogP contribution in [-0.2, 0) is 14.3 Å². The van der Waals surface area contributed by atoms with E-state index in [2.05, 4.69) is 15.4 Å². The van der Waals surface area contributed by atoms with Crippen LogP contribution in [0.4, 0.5) is 0 Å². The van der Waals surface area contributed by atoms with Crippen molar-refractivity contribution in [1.82, 2.24) is 10.6 Å². The maximum atomic E-state index is 11.5. The standard InChI is InChI=1S/C11H22N2O3/c1-6-11(3,4)13-9(14)7-12-8(2)10(15)16-5/h8,12H,6-7H2,1-5H3,(H,13,14). The molecule has 94 valence electrons. The van der Waals surface area contributed by atoms with E-state index in [1.54, 1.807) is 6.92 Å². The van der Waals surface area contributed by atoms with Crippen molar-refractivity contribution in [2.45, 2.75) is 45.7 Å². The third kappa shape index (κ3) is 5.70. The van der Waals surface area contributed by atoms with E-state index in [-0.39, 0.29) is 24.0 Å². The zero-order chi connectivity index (χ0) is 12.8. The van der Waals surface area contributed by atoms with E-state index in [0.717, 1.165) is 6.42 Å². The molecule has 1 atom stereocenters. The molecular weight excluding hydrogens is 208 g/mol. The average molecular weight is 230 g/mol. The van der Waals surface area contributed by atoms with Crippen molar-refractivity contribution in [3.05, 3.63) is 0 Å². The second-order valence-electron chi connectivity index (χ2n) is 4.41. The second-order valence-corrected chi connectivity index (χ2v) is 4.41. The lowest BCUT2D eigenvalue weighted by Crippen LogP contribution is -2.48. The van der Waals surface area contributed by atoms with Gasteiger partial charge in [-0.2, -0.15) is 0 Å². The monoisotopic (exact) mass is 230 g/mol. The fraction of sp³-hybridized carbons (Fsp3) is 0.818. The summed E-state index contributed by atoms with van der Waals surface area (Å²) >= 11 is 0. The van der Waals surface area contributed by atoms with Crippen LogP contribution in [0.5, 0.6) is 0 Å². The van der Waals surface area contributed by atoms with Crippen LogP contribution in [0, 0.1) is 0 Å². The van der Waals surface area contributed by atoms with Gasteiger partial charge in [0.2, 0.25) is 5.91 Å². The van der Waals surface area contributed by atoms with Gasteiger partial charge < -0.3 is 10.1 Å². The van der Waals surface area contributed by atoms with Crippen molar-refractivity contribution in [1.29, 1.82) is 0 Å². The molecule has 0 rings (SSSR count). The van der Waals surface area contributed by atoms with Crippen LogP contribution in [0.25, 0.3) is 0 Å². The molecule has 16 heavy (non-hydrogen) atoms. The van der Waals surface area contributed by atoms with E-state index in [1.165, 1.54) is 7.11 Å². The summed E-state index contributed by atoms with van der Waals surface area (Å²) in [4.78, 5) is 22.6. The molecule has 0 heterocycles. The van der Waals surface area contributed by atoms with Crippen molar-refractivity contribution >= 4 is 11.9 Å². The van der Waals surface area contributed by atoms with E-state index in [9.17, 15) is 9.59 Å². The molecule has 0 bridgehead atoms. The molecule has 2 N–H and O–H groups in total. The lowest BCUT2D eigenvalue weighted by atomic mass is 10.0. The van der Waals surface area contributed by atoms with Gasteiger partial charge in [0.25, 0.3) is 0 Å². The summed E-state index contributed by atoms with van der Waals surface area (Å²) in [6.45, 7) is 7.68. The Balaban J connectivity index is 3.95. The number of hydrogen-bond donors (Lipinski definition) is 2. The number of hydrogen-bond acceptors (Lipinski definition) is 4. The lowest BCUT2D eigenvalue weighted by Gasteiger charge is -2.24. The van der Waals surface area contributed by atoms with Gasteiger partial charge in [0.05, 0.1) is 13.7 Å². The average Bonchev–Trinajstić information content (AvgIpc) is 2.24. The lowest BCUT2D eigenvalue weighted by molar-refractivity contribution is -0.142. The van der Waals surface area contributed by atoms with Crippen LogP contribution >= 0.6 is 0 Å². The molecule has 0 aliphatic carbocycles. The quantitative estimate of drug-likeness (QED) is 0.650. The first-order valence-electron chi connectivity index (χ1n) is 5.44. The van der Waals surface area contributed by atoms with Crippen molar-refractivity contribution < 1.29 is 14.3 Å². The predicted molar refractivity (Wildman–Crippen MR) is 62.0 cm³/mol. The second kappa shape index (κ2) is 6.48. The molecule has 1 unspecified atom stereocenters. The van der Waals surface area contributed by atoms with Gasteiger partial charge in [-0.3, -0.25) is 14.9 Å². The Bertz CT molecular complexity index is 252. The van der Waals surface area contributed by atoms with E-state index in [4.69, 9.17) is 0 Å². The Labute approximate surface area is 96.9 Å². The van der Waals surface area contributed by atoms with Crippen molar-refractivity contribution in [2.75, 3.05) is 13.7 Å². The van der Waals surface area contributed by atoms with Crippen LogP contribution in [0.1, 0.15) is 34.1 Å². The van der Waals surface area contributed by atoms with Gasteiger partial charge in [0.1, 0.15) is 6.04 Å². The van der Waals surface area contributed by atoms with Crippen molar-refractivity contribution in [3.63, 3.8) is 0 Å². The van der Waals surface area contributed by atoms with Gasteiger partial charge in [0, 0.05) is 5.54 Å². The van der Waals surface area contributed by atoms with E-state index in [1.807, 2.05) is 20.8 Å². The third-order valence-corrected chi connectivity index (χ3v) is 2.49. The van der Waals surface area contributed by atoms with Crippen LogP contribution in [0.2, 0.25) is 0 Å². The number of carbonyl (C=O) groups is 2. The minimum Gasteiger partial charge on any atom is -0.468 e. The fourth-order valence-electron chi connectivity index (χ4n) is 1.02. The van der Waals surface area contributed by atoms with Crippen LogP contribution in [0.3, 0.4) is 0 Å². The molecule has 5 nitrogen and oxygen atoms in total. The maximum Gasteiger partial charge on any atom is 0.322 e. The number of carbonyl (C=O) groups excluding carboxylic acids is 2. The number of amides is 1. The number of methoxy groups -OCH3 is 1. The van der Waals surface area contributed by atoms with Crippen LogP contribution in [-0.4, -0.2) is 37.1 Å². The molecule has 0 saturated carbocycles. The zero-order valence-electron chi connectivity index (χ0n) is 10.7. The van der Waals surface area contributed by atoms with Gasteiger partial charge in [-0.25, -0.2) is 0 Å². The highest BCUT2D eigenvalue weighted by Gasteiger charge is 2.19. The molecule has 0 aromatic rings. The predicted octanol–water partition coefficient (Wildman–Crippen LogP) is 0.442. The third-order valence-electron chi connectivity index (χ3n) is 2.49. The number of nitrogens with one attached hydrogen (secondary N) is 2. The Morgan fingerprint density at radius 2 is 1.94 bits per heavy atom. The summed E-state index contributed by atoms with van der Waals surface area (Å²) in [5.41, 5.74) is -0.215. The SMILES string of the molecule is CCC(C)(C)NC(=O)CNC(C)C(=O)OC. The van der Waals surface area contributed by atoms with Gasteiger partial charge in [-0.15, -0.1) is 0 Å². The van der Waals surface area contributed by atoms with E-state index in [0.29, 0.717) is 0 Å². The summed E-state index contributed by atoms with van der Waals surface area (Å²) in [6.07, 6.45) is 0.852. The largest absolute Gasteiger partial charge is 0.468 e. The van der Waals surface area contributed by atoms with Gasteiger partial charge in [-0.05, 0) is 27.2 Å². The summed E-state index contributed by atoms with van der Waals surface area (Å²) < 4.78 is 4.53. The Hall–Kier alpha value is -1.10. The summed E-state index contributed by atoms with van der Waals surface area (Å²) in [5, 5.41) is 5.66. The van der Waals surface area contributed by atoms with Crippen molar-refractivity contribution in [3.8, 4) is 0 Å². The van der Waals surface area contributed by atoms with E-state index >= 15 is 0 Å². The molecule has 0 aromatic heterocycles. The normalized spacial score (nSPS) is 13.1. The highest BCUT2D eigenvalue weighted by atomic mass is 16.5. The molecule has 0 aromatic carbocycles. The number of rotatable bonds is 6. The Kier molecular flexibility index (Phi) is 6.03. The number of ether oxygens (including phenoxy) is 1. The number of esters is 1. The van der Waals surface area contributed by atoms with Crippen molar-refractivity contribution in [2.24, 2.45) is 0 Å². The molecule has 0 aliphatic rings. The minimum atomic E-state index is -0.472. The molecule has 5 heteroatoms. The first kappa shape index (κ1) is 14.9. The topological polar surface area (TPSA) is 67.4 Å².